The molecule has 0 aliphatic rings. The fraction of sp³-hybridized carbons (Fsp3) is 0.417. The third-order valence-corrected chi connectivity index (χ3v) is 4.49. The molecule has 0 saturated carbocycles. The molecule has 0 bridgehead atoms. The molecule has 0 aliphatic heterocycles. The molecule has 0 saturated heterocycles. The smallest absolute Gasteiger partial charge is 0.172 e. The molecule has 94 valence electrons. The van der Waals surface area contributed by atoms with Crippen LogP contribution < -0.4 is 0 Å². The van der Waals surface area contributed by atoms with Crippen molar-refractivity contribution in [3.8, 4) is 0 Å². The average Bonchev–Trinajstić information content (AvgIpc) is 2.28. The first-order valence-electron chi connectivity index (χ1n) is 5.19. The lowest BCUT2D eigenvalue weighted by Gasteiger charge is -2.13. The van der Waals surface area contributed by atoms with Crippen molar-refractivity contribution in [2.45, 2.75) is 25.2 Å². The first kappa shape index (κ1) is 14.8. The number of benzene rings is 1. The van der Waals surface area contributed by atoms with Gasteiger partial charge in [-0.15, -0.1) is 11.8 Å². The van der Waals surface area contributed by atoms with Crippen LogP contribution in [0.5, 0.6) is 0 Å². The molecule has 1 aromatic carbocycles. The zero-order valence-electron chi connectivity index (χ0n) is 9.61. The molecule has 1 aromatic rings. The van der Waals surface area contributed by atoms with Crippen molar-refractivity contribution in [2.24, 2.45) is 0 Å². The van der Waals surface area contributed by atoms with Gasteiger partial charge in [-0.2, -0.15) is 0 Å². The minimum absolute atomic E-state index is 0.0129. The van der Waals surface area contributed by atoms with Crippen LogP contribution in [-0.4, -0.2) is 28.0 Å². The van der Waals surface area contributed by atoms with E-state index in [9.17, 15) is 9.90 Å². The molecule has 0 heterocycles. The van der Waals surface area contributed by atoms with E-state index in [4.69, 9.17) is 23.2 Å². The fourth-order valence-corrected chi connectivity index (χ4v) is 2.26. The molecule has 17 heavy (non-hydrogen) atoms. The maximum atomic E-state index is 11.8. The number of aliphatic hydroxyl groups excluding tert-OH is 1. The van der Waals surface area contributed by atoms with Gasteiger partial charge in [0.25, 0.3) is 0 Å². The Labute approximate surface area is 115 Å². The van der Waals surface area contributed by atoms with E-state index in [1.165, 1.54) is 11.8 Å². The summed E-state index contributed by atoms with van der Waals surface area (Å²) in [6.07, 6.45) is -0.429. The second-order valence-electron chi connectivity index (χ2n) is 3.81. The van der Waals surface area contributed by atoms with Crippen LogP contribution in [0.25, 0.3) is 0 Å². The number of rotatable bonds is 5. The van der Waals surface area contributed by atoms with Gasteiger partial charge in [0.1, 0.15) is 0 Å². The number of hydrogen-bond donors (Lipinski definition) is 1. The topological polar surface area (TPSA) is 37.3 Å². The van der Waals surface area contributed by atoms with E-state index in [2.05, 4.69) is 0 Å². The first-order chi connectivity index (χ1) is 7.91. The second kappa shape index (κ2) is 6.64. The molecule has 0 aromatic heterocycles. The molecule has 2 unspecified atom stereocenters. The molecule has 0 spiro atoms. The van der Waals surface area contributed by atoms with Crippen LogP contribution in [0.3, 0.4) is 0 Å². The summed E-state index contributed by atoms with van der Waals surface area (Å²) in [7, 11) is 0. The van der Waals surface area contributed by atoms with Gasteiger partial charge in [-0.3, -0.25) is 4.79 Å². The lowest BCUT2D eigenvalue weighted by atomic mass is 10.1. The zero-order valence-corrected chi connectivity index (χ0v) is 11.9. The van der Waals surface area contributed by atoms with Gasteiger partial charge < -0.3 is 5.11 Å². The Bertz CT molecular complexity index is 407. The lowest BCUT2D eigenvalue weighted by molar-refractivity contribution is 0.102. The number of carbonyl (C=O) groups is 1. The molecule has 2 atom stereocenters. The summed E-state index contributed by atoms with van der Waals surface area (Å²) in [5.74, 6) is 0.311. The molecule has 1 N–H and O–H groups in total. The number of halogens is 2. The fourth-order valence-electron chi connectivity index (χ4n) is 1.10. The summed E-state index contributed by atoms with van der Waals surface area (Å²) in [5, 5.41) is 10.2. The van der Waals surface area contributed by atoms with Gasteiger partial charge >= 0.3 is 0 Å². The van der Waals surface area contributed by atoms with Crippen molar-refractivity contribution in [2.75, 3.05) is 5.75 Å². The number of Topliss-reactive ketones (excluding diaryl/α,β-unsaturated/α-hetero) is 1. The normalized spacial score (nSPS) is 14.4. The maximum Gasteiger partial charge on any atom is 0.172 e. The average molecular weight is 293 g/mol. The second-order valence-corrected chi connectivity index (χ2v) is 5.99. The third kappa shape index (κ3) is 4.51. The largest absolute Gasteiger partial charge is 0.392 e. The van der Waals surface area contributed by atoms with Gasteiger partial charge in [0.15, 0.2) is 5.78 Å². The van der Waals surface area contributed by atoms with Crippen LogP contribution in [0.15, 0.2) is 18.2 Å². The highest BCUT2D eigenvalue weighted by Gasteiger charge is 2.13. The molecule has 5 heteroatoms. The summed E-state index contributed by atoms with van der Waals surface area (Å²) < 4.78 is 0. The van der Waals surface area contributed by atoms with E-state index in [-0.39, 0.29) is 11.0 Å². The Kier molecular flexibility index (Phi) is 5.80. The minimum atomic E-state index is -0.429. The van der Waals surface area contributed by atoms with Crippen molar-refractivity contribution in [1.29, 1.82) is 0 Å². The molecule has 1 rings (SSSR count). The minimum Gasteiger partial charge on any atom is -0.392 e. The molecule has 0 radical (unpaired) electrons. The Morgan fingerprint density at radius 2 is 2.00 bits per heavy atom. The van der Waals surface area contributed by atoms with Crippen molar-refractivity contribution in [3.05, 3.63) is 33.8 Å². The van der Waals surface area contributed by atoms with E-state index in [1.54, 1.807) is 25.1 Å². The number of aliphatic hydroxyl groups is 1. The molecular formula is C12H14Cl2O2S. The monoisotopic (exact) mass is 292 g/mol. The van der Waals surface area contributed by atoms with Crippen LogP contribution >= 0.6 is 35.0 Å². The van der Waals surface area contributed by atoms with E-state index in [1.807, 2.05) is 6.92 Å². The number of thioether (sulfide) groups is 1. The maximum absolute atomic E-state index is 11.8. The van der Waals surface area contributed by atoms with E-state index in [0.717, 1.165) is 0 Å². The summed E-state index contributed by atoms with van der Waals surface area (Å²) in [6, 6.07) is 4.84. The van der Waals surface area contributed by atoms with Crippen LogP contribution in [0, 0.1) is 0 Å². The molecule has 0 fully saturated rings. The number of carbonyl (C=O) groups excluding carboxylic acids is 1. The predicted molar refractivity (Wildman–Crippen MR) is 74.4 cm³/mol. The van der Waals surface area contributed by atoms with Crippen molar-refractivity contribution in [1.82, 2.24) is 0 Å². The van der Waals surface area contributed by atoms with Crippen LogP contribution in [0.1, 0.15) is 24.2 Å². The van der Waals surface area contributed by atoms with Crippen LogP contribution in [-0.2, 0) is 0 Å². The van der Waals surface area contributed by atoms with E-state index >= 15 is 0 Å². The number of ketones is 1. The highest BCUT2D eigenvalue weighted by Crippen LogP contribution is 2.24. The van der Waals surface area contributed by atoms with Gasteiger partial charge in [-0.25, -0.2) is 0 Å². The Morgan fingerprint density at radius 1 is 1.35 bits per heavy atom. The highest BCUT2D eigenvalue weighted by molar-refractivity contribution is 8.00. The Hall–Kier alpha value is -0.220. The standard InChI is InChI=1S/C12H14Cl2O2S/c1-7(15)8(2)17-6-12(16)9-3-4-10(13)11(14)5-9/h3-5,7-8,15H,6H2,1-2H3. The summed E-state index contributed by atoms with van der Waals surface area (Å²) >= 11 is 13.0. The predicted octanol–water partition coefficient (Wildman–Crippen LogP) is 3.68. The van der Waals surface area contributed by atoms with Gasteiger partial charge in [0, 0.05) is 10.8 Å². The quantitative estimate of drug-likeness (QED) is 0.841. The summed E-state index contributed by atoms with van der Waals surface area (Å²) in [4.78, 5) is 11.8. The first-order valence-corrected chi connectivity index (χ1v) is 7.00. The summed E-state index contributed by atoms with van der Waals surface area (Å²) in [5.41, 5.74) is 0.546. The van der Waals surface area contributed by atoms with Gasteiger partial charge in [-0.1, -0.05) is 30.1 Å². The molecule has 0 aliphatic carbocycles. The van der Waals surface area contributed by atoms with Crippen molar-refractivity contribution in [3.63, 3.8) is 0 Å². The molecular weight excluding hydrogens is 279 g/mol. The van der Waals surface area contributed by atoms with Crippen LogP contribution in [0.4, 0.5) is 0 Å². The third-order valence-electron chi connectivity index (χ3n) is 2.40. The van der Waals surface area contributed by atoms with Crippen LogP contribution in [0.2, 0.25) is 10.0 Å². The summed E-state index contributed by atoms with van der Waals surface area (Å²) in [6.45, 7) is 3.60. The van der Waals surface area contributed by atoms with E-state index < -0.39 is 6.10 Å². The van der Waals surface area contributed by atoms with Gasteiger partial charge in [-0.05, 0) is 25.1 Å². The highest BCUT2D eigenvalue weighted by atomic mass is 35.5. The van der Waals surface area contributed by atoms with Gasteiger partial charge in [0.2, 0.25) is 0 Å². The SMILES string of the molecule is CC(O)C(C)SCC(=O)c1ccc(Cl)c(Cl)c1. The molecule has 0 amide bonds. The van der Waals surface area contributed by atoms with E-state index in [0.29, 0.717) is 21.4 Å². The van der Waals surface area contributed by atoms with Crippen molar-refractivity contribution >= 4 is 40.7 Å². The lowest BCUT2D eigenvalue weighted by Crippen LogP contribution is -2.17. The zero-order chi connectivity index (χ0) is 13.0. The number of hydrogen-bond acceptors (Lipinski definition) is 3. The van der Waals surface area contributed by atoms with Gasteiger partial charge in [0.05, 0.1) is 21.9 Å². The molecule has 2 nitrogen and oxygen atoms in total. The Balaban J connectivity index is 2.61. The Morgan fingerprint density at radius 3 is 2.53 bits per heavy atom. The van der Waals surface area contributed by atoms with Crippen molar-refractivity contribution < 1.29 is 9.90 Å².